The molecule has 3 N–H and O–H groups in total. The van der Waals surface area contributed by atoms with Crippen LogP contribution in [0.5, 0.6) is 0 Å². The summed E-state index contributed by atoms with van der Waals surface area (Å²) in [7, 11) is 0. The molecule has 0 saturated carbocycles. The van der Waals surface area contributed by atoms with Crippen LogP contribution in [0.3, 0.4) is 0 Å². The Labute approximate surface area is 81.6 Å². The third kappa shape index (κ3) is 2.53. The molecule has 6 nitrogen and oxygen atoms in total. The van der Waals surface area contributed by atoms with Crippen LogP contribution in [0.4, 0.5) is 5.82 Å². The largest absolute Gasteiger partial charge is 0.358 e. The summed E-state index contributed by atoms with van der Waals surface area (Å²) in [5.41, 5.74) is 6.14. The number of nitrogens with one attached hydrogen (secondary N) is 1. The molecule has 0 radical (unpaired) electrons. The van der Waals surface area contributed by atoms with E-state index in [-0.39, 0.29) is 11.2 Å². The van der Waals surface area contributed by atoms with Crippen molar-refractivity contribution in [3.05, 3.63) is 21.9 Å². The smallest absolute Gasteiger partial charge is 0.342 e. The first-order chi connectivity index (χ1) is 6.44. The van der Waals surface area contributed by atoms with Crippen LogP contribution in [0, 0.1) is 15.5 Å². The Morgan fingerprint density at radius 1 is 1.71 bits per heavy atom. The van der Waals surface area contributed by atoms with Gasteiger partial charge in [-0.25, -0.2) is 0 Å². The van der Waals surface area contributed by atoms with Gasteiger partial charge in [-0.15, -0.1) is 5.10 Å². The first-order valence-corrected chi connectivity index (χ1v) is 4.33. The monoisotopic (exact) mass is 198 g/mol. The zero-order valence-corrected chi connectivity index (χ0v) is 8.28. The van der Waals surface area contributed by atoms with Gasteiger partial charge < -0.3 is 15.8 Å². The van der Waals surface area contributed by atoms with E-state index in [1.54, 1.807) is 0 Å². The van der Waals surface area contributed by atoms with Crippen molar-refractivity contribution in [2.24, 2.45) is 11.1 Å². The van der Waals surface area contributed by atoms with Crippen molar-refractivity contribution in [3.63, 3.8) is 0 Å². The zero-order chi connectivity index (χ0) is 10.8. The molecule has 0 aromatic carbocycles. The van der Waals surface area contributed by atoms with Crippen molar-refractivity contribution in [1.82, 2.24) is 10.2 Å². The topological polar surface area (TPSA) is 97.8 Å². The zero-order valence-electron chi connectivity index (χ0n) is 8.28. The van der Waals surface area contributed by atoms with Crippen LogP contribution in [-0.2, 0) is 6.42 Å². The third-order valence-electron chi connectivity index (χ3n) is 2.03. The Morgan fingerprint density at radius 2 is 2.36 bits per heavy atom. The predicted molar refractivity (Wildman–Crippen MR) is 51.8 cm³/mol. The number of hydrogen-bond acceptors (Lipinski definition) is 4. The van der Waals surface area contributed by atoms with Gasteiger partial charge in [-0.05, 0) is 16.9 Å². The molecule has 1 aromatic heterocycles. The normalized spacial score (nSPS) is 11.6. The first kappa shape index (κ1) is 10.6. The van der Waals surface area contributed by atoms with Gasteiger partial charge in [0.05, 0.1) is 11.8 Å². The maximum Gasteiger partial charge on any atom is 0.342 e. The minimum atomic E-state index is -0.494. The van der Waals surface area contributed by atoms with Crippen LogP contribution in [0.2, 0.25) is 0 Å². The van der Waals surface area contributed by atoms with E-state index in [0.29, 0.717) is 18.7 Å². The Bertz CT molecular complexity index is 332. The van der Waals surface area contributed by atoms with Crippen molar-refractivity contribution in [3.8, 4) is 0 Å². The predicted octanol–water partition coefficient (Wildman–Crippen LogP) is 0.845. The van der Waals surface area contributed by atoms with E-state index in [1.807, 2.05) is 13.8 Å². The highest BCUT2D eigenvalue weighted by molar-refractivity contribution is 5.21. The second kappa shape index (κ2) is 3.75. The third-order valence-corrected chi connectivity index (χ3v) is 2.03. The lowest BCUT2D eigenvalue weighted by Gasteiger charge is -2.19. The number of rotatable bonds is 4. The fourth-order valence-electron chi connectivity index (χ4n) is 1.10. The van der Waals surface area contributed by atoms with E-state index in [1.165, 1.54) is 6.07 Å². The molecular weight excluding hydrogens is 184 g/mol. The maximum absolute atomic E-state index is 10.4. The van der Waals surface area contributed by atoms with E-state index in [0.717, 1.165) is 0 Å². The standard InChI is InChI=1S/C8H14N4O2/c1-8(2,5-9)4-6-3-7(11-10-6)12(13)14/h3H,4-5,9H2,1-2H3,(H,10,11). The van der Waals surface area contributed by atoms with Gasteiger partial charge in [-0.3, -0.25) is 0 Å². The van der Waals surface area contributed by atoms with Crippen LogP contribution in [0.25, 0.3) is 0 Å². The second-order valence-corrected chi connectivity index (χ2v) is 4.05. The van der Waals surface area contributed by atoms with Gasteiger partial charge in [-0.1, -0.05) is 18.9 Å². The van der Waals surface area contributed by atoms with Crippen molar-refractivity contribution in [1.29, 1.82) is 0 Å². The Balaban J connectivity index is 2.73. The molecule has 14 heavy (non-hydrogen) atoms. The van der Waals surface area contributed by atoms with Crippen LogP contribution in [0.1, 0.15) is 19.5 Å². The van der Waals surface area contributed by atoms with E-state index in [4.69, 9.17) is 5.73 Å². The highest BCUT2D eigenvalue weighted by atomic mass is 16.6. The summed E-state index contributed by atoms with van der Waals surface area (Å²) < 4.78 is 0. The number of aromatic amines is 1. The van der Waals surface area contributed by atoms with E-state index in [2.05, 4.69) is 10.2 Å². The molecule has 1 rings (SSSR count). The van der Waals surface area contributed by atoms with Crippen molar-refractivity contribution in [2.75, 3.05) is 6.54 Å². The van der Waals surface area contributed by atoms with Crippen molar-refractivity contribution < 1.29 is 4.92 Å². The first-order valence-electron chi connectivity index (χ1n) is 4.33. The number of hydrogen-bond donors (Lipinski definition) is 2. The van der Waals surface area contributed by atoms with Gasteiger partial charge in [0, 0.05) is 6.42 Å². The molecule has 0 unspecified atom stereocenters. The summed E-state index contributed by atoms with van der Waals surface area (Å²) in [6.45, 7) is 4.51. The van der Waals surface area contributed by atoms with Crippen LogP contribution in [0.15, 0.2) is 6.07 Å². The van der Waals surface area contributed by atoms with Crippen LogP contribution in [-0.4, -0.2) is 21.7 Å². The minimum absolute atomic E-state index is 0.0761. The lowest BCUT2D eigenvalue weighted by molar-refractivity contribution is -0.389. The average Bonchev–Trinajstić information content (AvgIpc) is 2.52. The molecule has 0 fully saturated rings. The number of nitrogens with zero attached hydrogens (tertiary/aromatic N) is 2. The van der Waals surface area contributed by atoms with Gasteiger partial charge in [0.15, 0.2) is 0 Å². The Kier molecular flexibility index (Phi) is 2.85. The Hall–Kier alpha value is -1.43. The van der Waals surface area contributed by atoms with E-state index >= 15 is 0 Å². The molecule has 6 heteroatoms. The minimum Gasteiger partial charge on any atom is -0.358 e. The number of nitro groups is 1. The molecule has 1 aromatic rings. The molecule has 1 heterocycles. The molecule has 0 aliphatic rings. The lowest BCUT2D eigenvalue weighted by Crippen LogP contribution is -2.26. The highest BCUT2D eigenvalue weighted by Crippen LogP contribution is 2.20. The molecule has 0 bridgehead atoms. The van der Waals surface area contributed by atoms with E-state index in [9.17, 15) is 10.1 Å². The van der Waals surface area contributed by atoms with Gasteiger partial charge in [-0.2, -0.15) is 0 Å². The van der Waals surface area contributed by atoms with Gasteiger partial charge in [0.1, 0.15) is 0 Å². The maximum atomic E-state index is 10.4. The quantitative estimate of drug-likeness (QED) is 0.553. The summed E-state index contributed by atoms with van der Waals surface area (Å²) in [5, 5.41) is 16.6. The summed E-state index contributed by atoms with van der Waals surface area (Å²) in [5.74, 6) is -0.0761. The Morgan fingerprint density at radius 3 is 2.79 bits per heavy atom. The number of aromatic nitrogens is 2. The molecule has 0 atom stereocenters. The lowest BCUT2D eigenvalue weighted by atomic mass is 9.88. The van der Waals surface area contributed by atoms with Crippen molar-refractivity contribution >= 4 is 5.82 Å². The highest BCUT2D eigenvalue weighted by Gasteiger charge is 2.20. The summed E-state index contributed by atoms with van der Waals surface area (Å²) in [4.78, 5) is 9.86. The van der Waals surface area contributed by atoms with Gasteiger partial charge in [0.2, 0.25) is 0 Å². The SMILES string of the molecule is CC(C)(CN)Cc1cc([N+](=O)[O-])[nH]n1. The molecule has 0 amide bonds. The molecule has 78 valence electrons. The molecule has 0 saturated heterocycles. The summed E-state index contributed by atoms with van der Waals surface area (Å²) in [6.07, 6.45) is 0.633. The summed E-state index contributed by atoms with van der Waals surface area (Å²) in [6, 6.07) is 1.44. The van der Waals surface area contributed by atoms with E-state index < -0.39 is 4.92 Å². The average molecular weight is 198 g/mol. The molecule has 0 aliphatic heterocycles. The van der Waals surface area contributed by atoms with Crippen molar-refractivity contribution in [2.45, 2.75) is 20.3 Å². The fourth-order valence-corrected chi connectivity index (χ4v) is 1.10. The second-order valence-electron chi connectivity index (χ2n) is 4.05. The molecular formula is C8H14N4O2. The number of H-pyrrole nitrogens is 1. The fraction of sp³-hybridized carbons (Fsp3) is 0.625. The van der Waals surface area contributed by atoms with Gasteiger partial charge >= 0.3 is 5.82 Å². The summed E-state index contributed by atoms with van der Waals surface area (Å²) >= 11 is 0. The van der Waals surface area contributed by atoms with Gasteiger partial charge in [0.25, 0.3) is 0 Å². The number of nitrogens with two attached hydrogens (primary N) is 1. The molecule has 0 aliphatic carbocycles. The van der Waals surface area contributed by atoms with Crippen LogP contribution >= 0.6 is 0 Å². The molecule has 0 spiro atoms. The van der Waals surface area contributed by atoms with Crippen LogP contribution < -0.4 is 5.73 Å².